The molecule has 0 aromatic heterocycles. The molecule has 3 heteroatoms. The van der Waals surface area contributed by atoms with E-state index in [1.807, 2.05) is 0 Å². The largest absolute Gasteiger partial charge is 0.300 e. The third-order valence-corrected chi connectivity index (χ3v) is 4.64. The number of hydrogen-bond donors (Lipinski definition) is 1. The van der Waals surface area contributed by atoms with Gasteiger partial charge >= 0.3 is 0 Å². The van der Waals surface area contributed by atoms with Crippen LogP contribution in [0, 0.1) is 17.2 Å². The van der Waals surface area contributed by atoms with E-state index in [0.717, 1.165) is 25.8 Å². The van der Waals surface area contributed by atoms with Crippen molar-refractivity contribution in [2.45, 2.75) is 71.0 Å². The molecule has 3 atom stereocenters. The predicted octanol–water partition coefficient (Wildman–Crippen LogP) is 2.78. The minimum atomic E-state index is -0.289. The fourth-order valence-electron chi connectivity index (χ4n) is 3.04. The molecule has 3 nitrogen and oxygen atoms in total. The van der Waals surface area contributed by atoms with Gasteiger partial charge in [0.15, 0.2) is 0 Å². The zero-order valence-electron chi connectivity index (χ0n) is 12.7. The van der Waals surface area contributed by atoms with Gasteiger partial charge in [-0.15, -0.1) is 0 Å². The maximum atomic E-state index is 9.49. The lowest BCUT2D eigenvalue weighted by atomic mass is 9.78. The molecular weight excluding hydrogens is 222 g/mol. The topological polar surface area (TPSA) is 39.1 Å². The summed E-state index contributed by atoms with van der Waals surface area (Å²) in [6.07, 6.45) is 4.34. The van der Waals surface area contributed by atoms with Crippen LogP contribution in [0.5, 0.6) is 0 Å². The van der Waals surface area contributed by atoms with Crippen molar-refractivity contribution in [2.75, 3.05) is 13.6 Å². The maximum Gasteiger partial charge on any atom is 0.108 e. The SMILES string of the molecule is CCNC1(C#N)CCCC(N(C)C(C)C(C)C)C1. The van der Waals surface area contributed by atoms with Crippen LogP contribution in [0.3, 0.4) is 0 Å². The van der Waals surface area contributed by atoms with Gasteiger partial charge < -0.3 is 4.90 Å². The summed E-state index contributed by atoms with van der Waals surface area (Å²) in [6.45, 7) is 9.80. The number of hydrogen-bond acceptors (Lipinski definition) is 3. The van der Waals surface area contributed by atoms with Crippen LogP contribution < -0.4 is 5.32 Å². The molecule has 104 valence electrons. The van der Waals surface area contributed by atoms with Crippen LogP contribution >= 0.6 is 0 Å². The van der Waals surface area contributed by atoms with Gasteiger partial charge in [0.05, 0.1) is 6.07 Å². The van der Waals surface area contributed by atoms with Crippen molar-refractivity contribution in [3.8, 4) is 6.07 Å². The summed E-state index contributed by atoms with van der Waals surface area (Å²) in [5.41, 5.74) is -0.289. The van der Waals surface area contributed by atoms with E-state index in [1.54, 1.807) is 0 Å². The highest BCUT2D eigenvalue weighted by Crippen LogP contribution is 2.31. The van der Waals surface area contributed by atoms with Crippen molar-refractivity contribution >= 4 is 0 Å². The van der Waals surface area contributed by atoms with E-state index in [4.69, 9.17) is 0 Å². The van der Waals surface area contributed by atoms with Gasteiger partial charge in [-0.05, 0) is 52.1 Å². The number of nitriles is 1. The molecule has 1 aliphatic carbocycles. The molecule has 0 aliphatic heterocycles. The average molecular weight is 251 g/mol. The Bertz CT molecular complexity index is 291. The van der Waals surface area contributed by atoms with Gasteiger partial charge in [-0.1, -0.05) is 20.8 Å². The Hall–Kier alpha value is -0.590. The standard InChI is InChI=1S/C15H29N3/c1-6-17-15(11-16)9-7-8-14(10-15)18(5)13(4)12(2)3/h12-14,17H,6-10H2,1-5H3. The quantitative estimate of drug-likeness (QED) is 0.816. The van der Waals surface area contributed by atoms with Gasteiger partial charge in [0.1, 0.15) is 5.54 Å². The van der Waals surface area contributed by atoms with Gasteiger partial charge in [0.25, 0.3) is 0 Å². The van der Waals surface area contributed by atoms with Crippen molar-refractivity contribution in [3.63, 3.8) is 0 Å². The Balaban J connectivity index is 2.71. The predicted molar refractivity (Wildman–Crippen MR) is 76.3 cm³/mol. The summed E-state index contributed by atoms with van der Waals surface area (Å²) in [7, 11) is 2.22. The zero-order valence-corrected chi connectivity index (χ0v) is 12.7. The Morgan fingerprint density at radius 1 is 1.44 bits per heavy atom. The van der Waals surface area contributed by atoms with E-state index in [0.29, 0.717) is 18.0 Å². The second-order valence-electron chi connectivity index (χ2n) is 6.12. The highest BCUT2D eigenvalue weighted by atomic mass is 15.2. The molecule has 0 spiro atoms. The molecule has 1 N–H and O–H groups in total. The van der Waals surface area contributed by atoms with Crippen LogP contribution in [-0.2, 0) is 0 Å². The number of rotatable bonds is 5. The molecule has 1 saturated carbocycles. The van der Waals surface area contributed by atoms with E-state index < -0.39 is 0 Å². The van der Waals surface area contributed by atoms with Gasteiger partial charge in [0, 0.05) is 12.1 Å². The Morgan fingerprint density at radius 2 is 2.11 bits per heavy atom. The molecule has 1 rings (SSSR count). The first-order chi connectivity index (χ1) is 8.45. The Kier molecular flexibility index (Phi) is 5.62. The highest BCUT2D eigenvalue weighted by Gasteiger charge is 2.38. The fraction of sp³-hybridized carbons (Fsp3) is 0.933. The van der Waals surface area contributed by atoms with Crippen molar-refractivity contribution in [1.82, 2.24) is 10.2 Å². The molecule has 0 heterocycles. The van der Waals surface area contributed by atoms with E-state index in [9.17, 15) is 5.26 Å². The van der Waals surface area contributed by atoms with Crippen molar-refractivity contribution in [1.29, 1.82) is 5.26 Å². The molecular formula is C15H29N3. The number of nitrogens with zero attached hydrogens (tertiary/aromatic N) is 2. The lowest BCUT2D eigenvalue weighted by Gasteiger charge is -2.43. The minimum Gasteiger partial charge on any atom is -0.300 e. The molecule has 0 amide bonds. The summed E-state index contributed by atoms with van der Waals surface area (Å²) in [5.74, 6) is 0.660. The first kappa shape index (κ1) is 15.5. The fourth-order valence-corrected chi connectivity index (χ4v) is 3.04. The lowest BCUT2D eigenvalue weighted by Crippen LogP contribution is -2.54. The molecule has 3 unspecified atom stereocenters. The van der Waals surface area contributed by atoms with Crippen LogP contribution in [-0.4, -0.2) is 36.1 Å². The second kappa shape index (κ2) is 6.54. The molecule has 0 radical (unpaired) electrons. The molecule has 1 fully saturated rings. The van der Waals surface area contributed by atoms with Crippen LogP contribution in [0.15, 0.2) is 0 Å². The van der Waals surface area contributed by atoms with Crippen LogP contribution in [0.4, 0.5) is 0 Å². The molecule has 1 aliphatic rings. The van der Waals surface area contributed by atoms with E-state index in [2.05, 4.69) is 51.0 Å². The van der Waals surface area contributed by atoms with E-state index >= 15 is 0 Å². The van der Waals surface area contributed by atoms with E-state index in [-0.39, 0.29) is 5.54 Å². The van der Waals surface area contributed by atoms with Crippen molar-refractivity contribution in [2.24, 2.45) is 5.92 Å². The molecule has 0 aromatic carbocycles. The summed E-state index contributed by atoms with van der Waals surface area (Å²) >= 11 is 0. The normalized spacial score (nSPS) is 30.4. The summed E-state index contributed by atoms with van der Waals surface area (Å²) < 4.78 is 0. The first-order valence-electron chi connectivity index (χ1n) is 7.34. The third-order valence-electron chi connectivity index (χ3n) is 4.64. The van der Waals surface area contributed by atoms with Crippen LogP contribution in [0.1, 0.15) is 53.4 Å². The lowest BCUT2D eigenvalue weighted by molar-refractivity contribution is 0.0926. The maximum absolute atomic E-state index is 9.49. The molecule has 0 bridgehead atoms. The number of nitrogens with one attached hydrogen (secondary N) is 1. The zero-order chi connectivity index (χ0) is 13.8. The molecule has 18 heavy (non-hydrogen) atoms. The molecule has 0 saturated heterocycles. The van der Waals surface area contributed by atoms with Gasteiger partial charge in [-0.2, -0.15) is 5.26 Å². The van der Waals surface area contributed by atoms with Gasteiger partial charge in [-0.3, -0.25) is 5.32 Å². The summed E-state index contributed by atoms with van der Waals surface area (Å²) in [6, 6.07) is 3.65. The second-order valence-corrected chi connectivity index (χ2v) is 6.12. The Labute approximate surface area is 113 Å². The summed E-state index contributed by atoms with van der Waals surface area (Å²) in [4.78, 5) is 2.48. The first-order valence-corrected chi connectivity index (χ1v) is 7.34. The van der Waals surface area contributed by atoms with Crippen LogP contribution in [0.2, 0.25) is 0 Å². The minimum absolute atomic E-state index is 0.289. The van der Waals surface area contributed by atoms with Crippen molar-refractivity contribution < 1.29 is 0 Å². The highest BCUT2D eigenvalue weighted by molar-refractivity contribution is 5.11. The van der Waals surface area contributed by atoms with Gasteiger partial charge in [0.2, 0.25) is 0 Å². The van der Waals surface area contributed by atoms with E-state index in [1.165, 1.54) is 6.42 Å². The summed E-state index contributed by atoms with van der Waals surface area (Å²) in [5, 5.41) is 12.9. The van der Waals surface area contributed by atoms with Crippen molar-refractivity contribution in [3.05, 3.63) is 0 Å². The third kappa shape index (κ3) is 3.46. The van der Waals surface area contributed by atoms with Gasteiger partial charge in [-0.25, -0.2) is 0 Å². The Morgan fingerprint density at radius 3 is 2.61 bits per heavy atom. The monoisotopic (exact) mass is 251 g/mol. The smallest absolute Gasteiger partial charge is 0.108 e. The molecule has 0 aromatic rings. The average Bonchev–Trinajstić information content (AvgIpc) is 2.37. The van der Waals surface area contributed by atoms with Crippen LogP contribution in [0.25, 0.3) is 0 Å².